The third kappa shape index (κ3) is 4.50. The van der Waals surface area contributed by atoms with Crippen molar-refractivity contribution in [1.29, 1.82) is 10.5 Å². The third-order valence-electron chi connectivity index (χ3n) is 3.03. The van der Waals surface area contributed by atoms with Crippen molar-refractivity contribution in [2.45, 2.75) is 20.8 Å². The molecule has 0 amide bonds. The van der Waals surface area contributed by atoms with Crippen LogP contribution in [0.15, 0.2) is 41.6 Å². The Balaban J connectivity index is 3.01. The molecule has 0 aliphatic rings. The average molecular weight is 295 g/mol. The highest BCUT2D eigenvalue weighted by atomic mass is 16.5. The van der Waals surface area contributed by atoms with Gasteiger partial charge in [0.15, 0.2) is 0 Å². The zero-order valence-electron chi connectivity index (χ0n) is 12.8. The van der Waals surface area contributed by atoms with E-state index < -0.39 is 5.97 Å². The van der Waals surface area contributed by atoms with E-state index in [1.54, 1.807) is 13.0 Å². The number of rotatable bonds is 5. The van der Waals surface area contributed by atoms with Gasteiger partial charge in [0.25, 0.3) is 0 Å². The number of carbonyl (C=O) groups is 1. The number of anilines is 1. The molecule has 0 saturated heterocycles. The molecule has 0 aliphatic carbocycles. The number of nitrogens with one attached hydrogen (secondary N) is 1. The Bertz CT molecular complexity index is 704. The van der Waals surface area contributed by atoms with Crippen LogP contribution in [0.25, 0.3) is 0 Å². The van der Waals surface area contributed by atoms with E-state index in [4.69, 9.17) is 15.3 Å². The first kappa shape index (κ1) is 17.0. The van der Waals surface area contributed by atoms with Gasteiger partial charge in [-0.05, 0) is 44.0 Å². The fourth-order valence-electron chi connectivity index (χ4n) is 1.67. The molecule has 0 aromatic heterocycles. The molecule has 1 N–H and O–H groups in total. The monoisotopic (exact) mass is 295 g/mol. The van der Waals surface area contributed by atoms with E-state index in [0.717, 1.165) is 16.8 Å². The van der Waals surface area contributed by atoms with Gasteiger partial charge in [0.1, 0.15) is 17.7 Å². The summed E-state index contributed by atoms with van der Waals surface area (Å²) in [5.41, 5.74) is 2.99. The summed E-state index contributed by atoms with van der Waals surface area (Å²) in [7, 11) is 0. The number of nitrogens with zero attached hydrogens (tertiary/aromatic N) is 2. The minimum Gasteiger partial charge on any atom is -0.462 e. The molecule has 0 bridgehead atoms. The van der Waals surface area contributed by atoms with Crippen molar-refractivity contribution in [1.82, 2.24) is 0 Å². The van der Waals surface area contributed by atoms with Crippen LogP contribution < -0.4 is 5.32 Å². The summed E-state index contributed by atoms with van der Waals surface area (Å²) >= 11 is 0. The van der Waals surface area contributed by atoms with Crippen LogP contribution >= 0.6 is 0 Å². The quantitative estimate of drug-likeness (QED) is 0.390. The lowest BCUT2D eigenvalue weighted by Crippen LogP contribution is -2.06. The number of hydrogen-bond donors (Lipinski definition) is 1. The maximum atomic E-state index is 11.5. The van der Waals surface area contributed by atoms with E-state index in [-0.39, 0.29) is 17.8 Å². The van der Waals surface area contributed by atoms with Gasteiger partial charge < -0.3 is 10.1 Å². The number of allylic oxidation sites excluding steroid dienone is 2. The average Bonchev–Trinajstić information content (AvgIpc) is 2.51. The highest BCUT2D eigenvalue weighted by molar-refractivity contribution is 5.93. The molecule has 0 heterocycles. The Morgan fingerprint density at radius 3 is 2.64 bits per heavy atom. The molecule has 0 atom stereocenters. The molecule has 1 rings (SSSR count). The fourth-order valence-corrected chi connectivity index (χ4v) is 1.67. The van der Waals surface area contributed by atoms with Crippen LogP contribution in [-0.2, 0) is 9.53 Å². The number of carbonyl (C=O) groups excluding carboxylic acids is 1. The Morgan fingerprint density at radius 2 is 2.05 bits per heavy atom. The van der Waals surface area contributed by atoms with E-state index in [9.17, 15) is 4.79 Å². The van der Waals surface area contributed by atoms with Crippen LogP contribution in [0.4, 0.5) is 5.69 Å². The highest BCUT2D eigenvalue weighted by Crippen LogP contribution is 2.18. The highest BCUT2D eigenvalue weighted by Gasteiger charge is 2.10. The maximum absolute atomic E-state index is 11.5. The molecule has 0 radical (unpaired) electrons. The Labute approximate surface area is 130 Å². The number of hydrogen-bond acceptors (Lipinski definition) is 5. The summed E-state index contributed by atoms with van der Waals surface area (Å²) < 4.78 is 4.75. The van der Waals surface area contributed by atoms with Crippen molar-refractivity contribution in [3.05, 3.63) is 52.7 Å². The first-order valence-electron chi connectivity index (χ1n) is 6.75. The number of ether oxygens (including phenoxy) is 1. The fraction of sp³-hybridized carbons (Fsp3) is 0.235. The van der Waals surface area contributed by atoms with Crippen molar-refractivity contribution < 1.29 is 9.53 Å². The van der Waals surface area contributed by atoms with Crippen molar-refractivity contribution in [3.63, 3.8) is 0 Å². The van der Waals surface area contributed by atoms with Gasteiger partial charge >= 0.3 is 5.97 Å². The molecule has 0 spiro atoms. The topological polar surface area (TPSA) is 85.9 Å². The van der Waals surface area contributed by atoms with Crippen LogP contribution in [0.2, 0.25) is 0 Å². The Hall–Kier alpha value is -3.05. The van der Waals surface area contributed by atoms with E-state index >= 15 is 0 Å². The summed E-state index contributed by atoms with van der Waals surface area (Å²) in [5, 5.41) is 21.1. The molecule has 112 valence electrons. The lowest BCUT2D eigenvalue weighted by molar-refractivity contribution is -0.138. The van der Waals surface area contributed by atoms with Crippen LogP contribution in [0.3, 0.4) is 0 Å². The second-order valence-corrected chi connectivity index (χ2v) is 4.49. The van der Waals surface area contributed by atoms with Crippen LogP contribution in [0.1, 0.15) is 18.1 Å². The summed E-state index contributed by atoms with van der Waals surface area (Å²) in [4.78, 5) is 11.5. The molecule has 1 aromatic carbocycles. The van der Waals surface area contributed by atoms with E-state index in [0.29, 0.717) is 0 Å². The molecular formula is C17H17N3O2. The SMILES string of the molecule is CCOC(=O)/C(C#N)=C/C(C#N)=C\Nc1cccc(C)c1C. The molecule has 0 aliphatic heterocycles. The van der Waals surface area contributed by atoms with Crippen molar-refractivity contribution in [2.75, 3.05) is 11.9 Å². The van der Waals surface area contributed by atoms with Gasteiger partial charge in [-0.2, -0.15) is 10.5 Å². The summed E-state index contributed by atoms with van der Waals surface area (Å²) in [5.74, 6) is -0.738. The van der Waals surface area contributed by atoms with E-state index in [1.807, 2.05) is 38.1 Å². The zero-order chi connectivity index (χ0) is 16.5. The molecule has 1 aromatic rings. The lowest BCUT2D eigenvalue weighted by Gasteiger charge is -2.08. The first-order valence-corrected chi connectivity index (χ1v) is 6.75. The smallest absolute Gasteiger partial charge is 0.348 e. The normalized spacial score (nSPS) is 11.3. The summed E-state index contributed by atoms with van der Waals surface area (Å²) in [6.07, 6.45) is 2.66. The van der Waals surface area contributed by atoms with Gasteiger partial charge in [0, 0.05) is 11.9 Å². The van der Waals surface area contributed by atoms with Gasteiger partial charge in [-0.15, -0.1) is 0 Å². The maximum Gasteiger partial charge on any atom is 0.348 e. The zero-order valence-corrected chi connectivity index (χ0v) is 12.8. The van der Waals surface area contributed by atoms with Gasteiger partial charge in [0.2, 0.25) is 0 Å². The second kappa shape index (κ2) is 8.28. The molecular weight excluding hydrogens is 278 g/mol. The van der Waals surface area contributed by atoms with Gasteiger partial charge in [-0.3, -0.25) is 0 Å². The first-order chi connectivity index (χ1) is 10.5. The third-order valence-corrected chi connectivity index (χ3v) is 3.03. The second-order valence-electron chi connectivity index (χ2n) is 4.49. The Morgan fingerprint density at radius 1 is 1.32 bits per heavy atom. The lowest BCUT2D eigenvalue weighted by atomic mass is 10.1. The van der Waals surface area contributed by atoms with Gasteiger partial charge in [-0.25, -0.2) is 4.79 Å². The van der Waals surface area contributed by atoms with Crippen LogP contribution in [0, 0.1) is 36.5 Å². The minimum absolute atomic E-state index is 0.158. The van der Waals surface area contributed by atoms with Gasteiger partial charge in [-0.1, -0.05) is 12.1 Å². The minimum atomic E-state index is -0.738. The van der Waals surface area contributed by atoms with Gasteiger partial charge in [0.05, 0.1) is 12.2 Å². The largest absolute Gasteiger partial charge is 0.462 e. The predicted molar refractivity (Wildman–Crippen MR) is 83.6 cm³/mol. The summed E-state index contributed by atoms with van der Waals surface area (Å²) in [6, 6.07) is 9.44. The Kier molecular flexibility index (Phi) is 6.40. The molecule has 0 saturated carbocycles. The molecule has 0 fully saturated rings. The molecule has 5 nitrogen and oxygen atoms in total. The van der Waals surface area contributed by atoms with Crippen LogP contribution in [0.5, 0.6) is 0 Å². The molecule has 22 heavy (non-hydrogen) atoms. The number of aryl methyl sites for hydroxylation is 1. The number of nitriles is 2. The number of benzene rings is 1. The summed E-state index contributed by atoms with van der Waals surface area (Å²) in [6.45, 7) is 5.77. The molecule has 0 unspecified atom stereocenters. The van der Waals surface area contributed by atoms with E-state index in [1.165, 1.54) is 12.3 Å². The van der Waals surface area contributed by atoms with Crippen molar-refractivity contribution in [2.24, 2.45) is 0 Å². The standard InChI is InChI=1S/C17H17N3O2/c1-4-22-17(21)15(10-19)8-14(9-18)11-20-16-7-5-6-12(2)13(16)3/h5-8,11,20H,4H2,1-3H3/b14-11+,15-8+. The predicted octanol–water partition coefficient (Wildman–Crippen LogP) is 3.14. The molecule has 5 heteroatoms. The van der Waals surface area contributed by atoms with Crippen molar-refractivity contribution >= 4 is 11.7 Å². The van der Waals surface area contributed by atoms with E-state index in [2.05, 4.69) is 5.32 Å². The van der Waals surface area contributed by atoms with Crippen molar-refractivity contribution in [3.8, 4) is 12.1 Å². The van der Waals surface area contributed by atoms with Crippen LogP contribution in [-0.4, -0.2) is 12.6 Å². The number of esters is 1.